The molecule has 1 aromatic carbocycles. The quantitative estimate of drug-likeness (QED) is 0.712. The van der Waals surface area contributed by atoms with Gasteiger partial charge in [0.25, 0.3) is 0 Å². The van der Waals surface area contributed by atoms with Crippen LogP contribution in [-0.4, -0.2) is 24.5 Å². The zero-order valence-electron chi connectivity index (χ0n) is 10.1. The number of nitrogens with two attached hydrogens (primary N) is 2. The summed E-state index contributed by atoms with van der Waals surface area (Å²) in [6.07, 6.45) is -0.374. The number of hydrogen-bond acceptors (Lipinski definition) is 4. The summed E-state index contributed by atoms with van der Waals surface area (Å²) in [7, 11) is 0. The number of primary amides is 1. The zero-order chi connectivity index (χ0) is 15.3. The fourth-order valence-corrected chi connectivity index (χ4v) is 1.31. The molecule has 0 heterocycles. The highest BCUT2D eigenvalue weighted by Crippen LogP contribution is 2.22. The second-order valence-corrected chi connectivity index (χ2v) is 3.79. The van der Waals surface area contributed by atoms with Crippen LogP contribution in [0.3, 0.4) is 0 Å². The third-order valence-corrected chi connectivity index (χ3v) is 2.17. The molecule has 0 fully saturated rings. The first kappa shape index (κ1) is 15.8. The number of hydrogen-bond donors (Lipinski definition) is 3. The molecule has 2 amide bonds. The molecule has 0 aromatic heterocycles. The van der Waals surface area contributed by atoms with Crippen LogP contribution in [0.4, 0.5) is 18.9 Å². The molecule has 0 radical (unpaired) electrons. The van der Waals surface area contributed by atoms with Gasteiger partial charge in [0.1, 0.15) is 0 Å². The first-order valence-corrected chi connectivity index (χ1v) is 5.38. The number of ether oxygens (including phenoxy) is 1. The van der Waals surface area contributed by atoms with Gasteiger partial charge in [-0.2, -0.15) is 8.78 Å². The van der Waals surface area contributed by atoms with Crippen LogP contribution < -0.4 is 21.5 Å². The maximum Gasteiger partial charge on any atom is 0.387 e. The molecule has 5 N–H and O–H groups in total. The van der Waals surface area contributed by atoms with Crippen molar-refractivity contribution in [3.63, 3.8) is 0 Å². The van der Waals surface area contributed by atoms with E-state index in [-0.39, 0.29) is 12.1 Å². The van der Waals surface area contributed by atoms with Gasteiger partial charge in [-0.15, -0.1) is 0 Å². The Morgan fingerprint density at radius 2 is 2.00 bits per heavy atom. The summed E-state index contributed by atoms with van der Waals surface area (Å²) in [4.78, 5) is 22.1. The van der Waals surface area contributed by atoms with Crippen molar-refractivity contribution in [2.45, 2.75) is 19.1 Å². The van der Waals surface area contributed by atoms with Crippen LogP contribution >= 0.6 is 0 Å². The van der Waals surface area contributed by atoms with Crippen LogP contribution in [0.25, 0.3) is 0 Å². The van der Waals surface area contributed by atoms with Gasteiger partial charge in [0, 0.05) is 11.8 Å². The summed E-state index contributed by atoms with van der Waals surface area (Å²) < 4.78 is 41.1. The molecule has 0 saturated heterocycles. The highest BCUT2D eigenvalue weighted by atomic mass is 19.3. The second kappa shape index (κ2) is 6.75. The molecule has 1 aromatic rings. The predicted molar refractivity (Wildman–Crippen MR) is 63.4 cm³/mol. The largest absolute Gasteiger partial charge is 0.432 e. The van der Waals surface area contributed by atoms with Gasteiger partial charge in [-0.3, -0.25) is 9.59 Å². The summed E-state index contributed by atoms with van der Waals surface area (Å²) in [5, 5.41) is 2.21. The Hall–Kier alpha value is -2.29. The lowest BCUT2D eigenvalue weighted by atomic mass is 10.2. The smallest absolute Gasteiger partial charge is 0.387 e. The summed E-state index contributed by atoms with van der Waals surface area (Å²) in [5.41, 5.74) is 10.2. The highest BCUT2D eigenvalue weighted by molar-refractivity contribution is 5.97. The van der Waals surface area contributed by atoms with E-state index in [1.165, 1.54) is 0 Å². The van der Waals surface area contributed by atoms with Crippen molar-refractivity contribution < 1.29 is 27.5 Å². The molecule has 1 unspecified atom stereocenters. The Bertz CT molecular complexity index is 511. The van der Waals surface area contributed by atoms with Crippen molar-refractivity contribution in [3.8, 4) is 5.75 Å². The SMILES string of the molecule is NC(=O)CC(N)C(=O)Nc1ccc(OC(F)F)c(F)c1. The minimum Gasteiger partial charge on any atom is -0.432 e. The Labute approximate surface area is 111 Å². The van der Waals surface area contributed by atoms with E-state index in [1.54, 1.807) is 0 Å². The lowest BCUT2D eigenvalue weighted by Crippen LogP contribution is -2.39. The summed E-state index contributed by atoms with van der Waals surface area (Å²) >= 11 is 0. The third-order valence-electron chi connectivity index (χ3n) is 2.17. The van der Waals surface area contributed by atoms with Crippen LogP contribution in [0.1, 0.15) is 6.42 Å². The van der Waals surface area contributed by atoms with Crippen LogP contribution in [0.15, 0.2) is 18.2 Å². The normalized spacial score (nSPS) is 12.1. The zero-order valence-corrected chi connectivity index (χ0v) is 10.1. The molecule has 20 heavy (non-hydrogen) atoms. The molecule has 1 rings (SSSR count). The van der Waals surface area contributed by atoms with Crippen molar-refractivity contribution in [1.29, 1.82) is 0 Å². The van der Waals surface area contributed by atoms with E-state index in [2.05, 4.69) is 10.1 Å². The van der Waals surface area contributed by atoms with Gasteiger partial charge in [0.05, 0.1) is 12.5 Å². The molecule has 9 heteroatoms. The van der Waals surface area contributed by atoms with Gasteiger partial charge >= 0.3 is 6.61 Å². The highest BCUT2D eigenvalue weighted by Gasteiger charge is 2.17. The van der Waals surface area contributed by atoms with E-state index < -0.39 is 36.0 Å². The predicted octanol–water partition coefficient (Wildman–Crippen LogP) is 0.568. The summed E-state index contributed by atoms with van der Waals surface area (Å²) in [5.74, 6) is -3.25. The van der Waals surface area contributed by atoms with E-state index >= 15 is 0 Å². The number of carbonyl (C=O) groups is 2. The summed E-state index contributed by atoms with van der Waals surface area (Å²) in [6.45, 7) is -3.16. The van der Waals surface area contributed by atoms with Crippen LogP contribution in [-0.2, 0) is 9.59 Å². The molecule has 0 aliphatic heterocycles. The van der Waals surface area contributed by atoms with Gasteiger partial charge in [-0.05, 0) is 12.1 Å². The Balaban J connectivity index is 2.71. The van der Waals surface area contributed by atoms with Crippen molar-refractivity contribution in [2.24, 2.45) is 11.5 Å². The average Bonchev–Trinajstić information content (AvgIpc) is 2.31. The number of halogens is 3. The fourth-order valence-electron chi connectivity index (χ4n) is 1.31. The van der Waals surface area contributed by atoms with E-state index in [9.17, 15) is 22.8 Å². The van der Waals surface area contributed by atoms with Crippen molar-refractivity contribution in [3.05, 3.63) is 24.0 Å². The molecule has 0 bridgehead atoms. The lowest BCUT2D eigenvalue weighted by Gasteiger charge is -2.12. The first-order valence-electron chi connectivity index (χ1n) is 5.38. The number of carbonyl (C=O) groups excluding carboxylic acids is 2. The average molecular weight is 291 g/mol. The molecule has 1 atom stereocenters. The standard InChI is InChI=1S/C11H12F3N3O3/c12-6-3-5(1-2-8(6)20-11(13)14)17-10(19)7(15)4-9(16)18/h1-3,7,11H,4,15H2,(H2,16,18)(H,17,19). The van der Waals surface area contributed by atoms with E-state index in [4.69, 9.17) is 11.5 Å². The number of anilines is 1. The van der Waals surface area contributed by atoms with Gasteiger partial charge in [-0.25, -0.2) is 4.39 Å². The van der Waals surface area contributed by atoms with Crippen LogP contribution in [0.2, 0.25) is 0 Å². The first-order chi connectivity index (χ1) is 9.29. The van der Waals surface area contributed by atoms with Gasteiger partial charge in [-0.1, -0.05) is 0 Å². The number of amides is 2. The minimum absolute atomic E-state index is 0.0194. The van der Waals surface area contributed by atoms with Gasteiger partial charge in [0.2, 0.25) is 11.8 Å². The number of rotatable bonds is 6. The molecule has 110 valence electrons. The Morgan fingerprint density at radius 1 is 1.35 bits per heavy atom. The molecule has 6 nitrogen and oxygen atoms in total. The van der Waals surface area contributed by atoms with Gasteiger partial charge < -0.3 is 21.5 Å². The topological polar surface area (TPSA) is 107 Å². The molecule has 0 aliphatic rings. The third kappa shape index (κ3) is 4.76. The molecular formula is C11H12F3N3O3. The molecule has 0 aliphatic carbocycles. The molecule has 0 spiro atoms. The maximum absolute atomic E-state index is 13.4. The van der Waals surface area contributed by atoms with Crippen LogP contribution in [0.5, 0.6) is 5.75 Å². The lowest BCUT2D eigenvalue weighted by molar-refractivity contribution is -0.123. The Kier molecular flexibility index (Phi) is 5.32. The second-order valence-electron chi connectivity index (χ2n) is 3.79. The van der Waals surface area contributed by atoms with Gasteiger partial charge in [0.15, 0.2) is 11.6 Å². The minimum atomic E-state index is -3.16. The molecule has 0 saturated carbocycles. The number of alkyl halides is 2. The number of nitrogens with one attached hydrogen (secondary N) is 1. The van der Waals surface area contributed by atoms with Crippen LogP contribution in [0, 0.1) is 5.82 Å². The number of benzene rings is 1. The monoisotopic (exact) mass is 291 g/mol. The fraction of sp³-hybridized carbons (Fsp3) is 0.273. The van der Waals surface area contributed by atoms with E-state index in [0.717, 1.165) is 18.2 Å². The van der Waals surface area contributed by atoms with E-state index in [1.807, 2.05) is 0 Å². The van der Waals surface area contributed by atoms with Crippen molar-refractivity contribution in [1.82, 2.24) is 0 Å². The Morgan fingerprint density at radius 3 is 2.50 bits per heavy atom. The summed E-state index contributed by atoms with van der Waals surface area (Å²) in [6, 6.07) is 1.67. The van der Waals surface area contributed by atoms with Crippen molar-refractivity contribution in [2.75, 3.05) is 5.32 Å². The maximum atomic E-state index is 13.4. The molecular weight excluding hydrogens is 279 g/mol. The van der Waals surface area contributed by atoms with Crippen molar-refractivity contribution >= 4 is 17.5 Å². The van der Waals surface area contributed by atoms with E-state index in [0.29, 0.717) is 0 Å².